The largest absolute Gasteiger partial charge is 0.450 e. The number of aryl methyl sites for hydroxylation is 1. The maximum atomic E-state index is 11.7. The number of sulfonamides is 1. The van der Waals surface area contributed by atoms with Crippen molar-refractivity contribution in [2.75, 3.05) is 13.2 Å². The van der Waals surface area contributed by atoms with Crippen molar-refractivity contribution >= 4 is 21.9 Å². The maximum Gasteiger partial charge on any atom is 0.374 e. The highest BCUT2D eigenvalue weighted by atomic mass is 32.2. The topological polar surface area (TPSA) is 129 Å². The van der Waals surface area contributed by atoms with Gasteiger partial charge in [-0.2, -0.15) is 0 Å². The summed E-state index contributed by atoms with van der Waals surface area (Å²) in [5.41, 5.74) is 1.17. The van der Waals surface area contributed by atoms with Gasteiger partial charge in [0.2, 0.25) is 10.9 Å². The second-order valence-electron chi connectivity index (χ2n) is 5.18. The van der Waals surface area contributed by atoms with Crippen molar-refractivity contribution in [2.45, 2.75) is 17.9 Å². The fraction of sp³-hybridized carbons (Fsp3) is 0.250. The number of nitrogens with two attached hydrogens (primary N) is 1. The van der Waals surface area contributed by atoms with E-state index in [1.807, 2.05) is 30.3 Å². The molecule has 1 aromatic carbocycles. The molecule has 0 saturated carbocycles. The van der Waals surface area contributed by atoms with Crippen LogP contribution in [0, 0.1) is 0 Å². The van der Waals surface area contributed by atoms with Crippen molar-refractivity contribution in [1.82, 2.24) is 5.32 Å². The summed E-state index contributed by atoms with van der Waals surface area (Å²) in [5.74, 6) is -1.75. The van der Waals surface area contributed by atoms with Crippen molar-refractivity contribution in [3.63, 3.8) is 0 Å². The summed E-state index contributed by atoms with van der Waals surface area (Å²) >= 11 is 0. The molecule has 0 aliphatic rings. The lowest BCUT2D eigenvalue weighted by atomic mass is 10.1. The lowest BCUT2D eigenvalue weighted by Crippen LogP contribution is -2.29. The summed E-state index contributed by atoms with van der Waals surface area (Å²) in [6, 6.07) is 12.0. The number of hydrogen-bond acceptors (Lipinski definition) is 6. The highest BCUT2D eigenvalue weighted by molar-refractivity contribution is 7.89. The number of amides is 1. The monoisotopic (exact) mass is 366 g/mol. The Morgan fingerprint density at radius 1 is 1.12 bits per heavy atom. The summed E-state index contributed by atoms with van der Waals surface area (Å²) in [4.78, 5) is 23.3. The van der Waals surface area contributed by atoms with Crippen LogP contribution in [-0.2, 0) is 26.0 Å². The number of carbonyl (C=O) groups is 2. The molecule has 9 heteroatoms. The van der Waals surface area contributed by atoms with Gasteiger partial charge in [0, 0.05) is 6.54 Å². The second-order valence-corrected chi connectivity index (χ2v) is 6.67. The van der Waals surface area contributed by atoms with Gasteiger partial charge >= 0.3 is 5.97 Å². The third-order valence-electron chi connectivity index (χ3n) is 3.20. The first-order valence-corrected chi connectivity index (χ1v) is 9.01. The minimum atomic E-state index is -4.04. The molecule has 0 bridgehead atoms. The zero-order valence-electron chi connectivity index (χ0n) is 13.3. The number of rotatable bonds is 8. The molecule has 0 radical (unpaired) electrons. The Kier molecular flexibility index (Phi) is 6.31. The SMILES string of the molecule is NS(=O)(=O)c1ccc(C(=O)OCC(=O)NCCCc2ccccc2)o1. The van der Waals surface area contributed by atoms with Crippen molar-refractivity contribution in [3.8, 4) is 0 Å². The van der Waals surface area contributed by atoms with Gasteiger partial charge in [-0.25, -0.2) is 18.4 Å². The van der Waals surface area contributed by atoms with Crippen LogP contribution in [0.4, 0.5) is 0 Å². The summed E-state index contributed by atoms with van der Waals surface area (Å²) in [5, 5.41) is 6.94. The van der Waals surface area contributed by atoms with E-state index in [2.05, 4.69) is 5.32 Å². The average Bonchev–Trinajstić information content (AvgIpc) is 3.08. The molecule has 1 amide bonds. The molecule has 0 aliphatic heterocycles. The minimum Gasteiger partial charge on any atom is -0.450 e. The van der Waals surface area contributed by atoms with Crippen LogP contribution in [0.5, 0.6) is 0 Å². The zero-order valence-corrected chi connectivity index (χ0v) is 14.1. The Morgan fingerprint density at radius 3 is 2.48 bits per heavy atom. The molecule has 0 aliphatic carbocycles. The lowest BCUT2D eigenvalue weighted by molar-refractivity contribution is -0.124. The number of nitrogens with one attached hydrogen (secondary N) is 1. The van der Waals surface area contributed by atoms with Gasteiger partial charge in [0.15, 0.2) is 6.61 Å². The van der Waals surface area contributed by atoms with Gasteiger partial charge in [0.25, 0.3) is 15.9 Å². The molecule has 0 unspecified atom stereocenters. The van der Waals surface area contributed by atoms with E-state index in [4.69, 9.17) is 14.3 Å². The molecule has 1 heterocycles. The number of carbonyl (C=O) groups excluding carboxylic acids is 2. The first-order valence-electron chi connectivity index (χ1n) is 7.46. The number of benzene rings is 1. The van der Waals surface area contributed by atoms with Crippen LogP contribution in [0.2, 0.25) is 0 Å². The van der Waals surface area contributed by atoms with E-state index in [1.54, 1.807) is 0 Å². The highest BCUT2D eigenvalue weighted by Crippen LogP contribution is 2.13. The summed E-state index contributed by atoms with van der Waals surface area (Å²) in [6.07, 6.45) is 1.57. The first kappa shape index (κ1) is 18.7. The Hall–Kier alpha value is -2.65. The van der Waals surface area contributed by atoms with Gasteiger partial charge in [-0.3, -0.25) is 4.79 Å². The number of esters is 1. The van der Waals surface area contributed by atoms with Crippen LogP contribution in [0.3, 0.4) is 0 Å². The van der Waals surface area contributed by atoms with E-state index in [0.29, 0.717) is 6.54 Å². The summed E-state index contributed by atoms with van der Waals surface area (Å²) in [6.45, 7) is -0.0445. The van der Waals surface area contributed by atoms with Gasteiger partial charge in [0.1, 0.15) is 0 Å². The van der Waals surface area contributed by atoms with Gasteiger partial charge < -0.3 is 14.5 Å². The van der Waals surface area contributed by atoms with Gasteiger partial charge in [-0.15, -0.1) is 0 Å². The highest BCUT2D eigenvalue weighted by Gasteiger charge is 2.19. The molecule has 2 aromatic rings. The molecule has 0 atom stereocenters. The maximum absolute atomic E-state index is 11.7. The normalized spacial score (nSPS) is 11.1. The van der Waals surface area contributed by atoms with Crippen LogP contribution in [0.15, 0.2) is 52.0 Å². The number of ether oxygens (including phenoxy) is 1. The van der Waals surface area contributed by atoms with Gasteiger partial charge in [-0.1, -0.05) is 30.3 Å². The third-order valence-corrected chi connectivity index (χ3v) is 3.98. The molecule has 25 heavy (non-hydrogen) atoms. The van der Waals surface area contributed by atoms with Crippen LogP contribution >= 0.6 is 0 Å². The smallest absolute Gasteiger partial charge is 0.374 e. The van der Waals surface area contributed by atoms with Crippen LogP contribution in [0.1, 0.15) is 22.5 Å². The predicted octanol–water partition coefficient (Wildman–Crippen LogP) is 0.833. The van der Waals surface area contributed by atoms with Crippen LogP contribution < -0.4 is 10.5 Å². The lowest BCUT2D eigenvalue weighted by Gasteiger charge is -2.06. The molecule has 2 rings (SSSR count). The molecule has 0 saturated heterocycles. The predicted molar refractivity (Wildman–Crippen MR) is 88.1 cm³/mol. The number of primary sulfonamides is 1. The fourth-order valence-corrected chi connectivity index (χ4v) is 2.46. The quantitative estimate of drug-likeness (QED) is 0.526. The number of hydrogen-bond donors (Lipinski definition) is 2. The van der Waals surface area contributed by atoms with E-state index >= 15 is 0 Å². The standard InChI is InChI=1S/C16H18N2O6S/c17-25(21,22)15-9-8-13(24-15)16(20)23-11-14(19)18-10-4-7-12-5-2-1-3-6-12/h1-3,5-6,8-9H,4,7,10-11H2,(H,18,19)(H2,17,21,22). The fourth-order valence-electron chi connectivity index (χ4n) is 2.00. The summed E-state index contributed by atoms with van der Waals surface area (Å²) in [7, 11) is -4.04. The Labute approximate surface area is 145 Å². The Bertz CT molecular complexity index is 829. The molecule has 8 nitrogen and oxygen atoms in total. The van der Waals surface area contributed by atoms with Crippen molar-refractivity contribution in [2.24, 2.45) is 5.14 Å². The van der Waals surface area contributed by atoms with Crippen molar-refractivity contribution in [3.05, 3.63) is 53.8 Å². The Morgan fingerprint density at radius 2 is 1.84 bits per heavy atom. The van der Waals surface area contributed by atoms with E-state index in [-0.39, 0.29) is 5.76 Å². The molecular weight excluding hydrogens is 348 g/mol. The molecule has 134 valence electrons. The van der Waals surface area contributed by atoms with E-state index in [0.717, 1.165) is 25.0 Å². The van der Waals surface area contributed by atoms with E-state index < -0.39 is 33.6 Å². The average molecular weight is 366 g/mol. The van der Waals surface area contributed by atoms with Gasteiger partial charge in [-0.05, 0) is 30.5 Å². The second kappa shape index (κ2) is 8.45. The van der Waals surface area contributed by atoms with Crippen LogP contribution in [-0.4, -0.2) is 33.4 Å². The first-order chi connectivity index (χ1) is 11.9. The minimum absolute atomic E-state index is 0.346. The molecule has 1 aromatic heterocycles. The number of furan rings is 1. The summed E-state index contributed by atoms with van der Waals surface area (Å²) < 4.78 is 31.6. The zero-order chi connectivity index (χ0) is 18.3. The molecule has 3 N–H and O–H groups in total. The third kappa shape index (κ3) is 6.05. The Balaban J connectivity index is 1.69. The van der Waals surface area contributed by atoms with Crippen molar-refractivity contribution < 1.29 is 27.2 Å². The molecule has 0 fully saturated rings. The van der Waals surface area contributed by atoms with E-state index in [9.17, 15) is 18.0 Å². The van der Waals surface area contributed by atoms with Crippen molar-refractivity contribution in [1.29, 1.82) is 0 Å². The van der Waals surface area contributed by atoms with E-state index in [1.165, 1.54) is 5.56 Å². The van der Waals surface area contributed by atoms with Gasteiger partial charge in [0.05, 0.1) is 0 Å². The molecular formula is C16H18N2O6S. The molecule has 0 spiro atoms. The van der Waals surface area contributed by atoms with Crippen LogP contribution in [0.25, 0.3) is 0 Å².